The fourth-order valence-corrected chi connectivity index (χ4v) is 2.58. The quantitative estimate of drug-likeness (QED) is 0.778. The molecule has 0 spiro atoms. The van der Waals surface area contributed by atoms with Crippen LogP contribution in [0.25, 0.3) is 0 Å². The van der Waals surface area contributed by atoms with Crippen molar-refractivity contribution in [1.29, 1.82) is 0 Å². The lowest BCUT2D eigenvalue weighted by Crippen LogP contribution is -2.28. The van der Waals surface area contributed by atoms with Crippen LogP contribution in [0.15, 0.2) is 48.5 Å². The van der Waals surface area contributed by atoms with Gasteiger partial charge in [0, 0.05) is 5.56 Å². The van der Waals surface area contributed by atoms with E-state index in [9.17, 15) is 4.79 Å². The number of nitrogens with zero attached hydrogens (tertiary/aromatic N) is 1. The molecule has 0 aromatic heterocycles. The van der Waals surface area contributed by atoms with Crippen molar-refractivity contribution in [1.82, 2.24) is 4.90 Å². The molecule has 0 saturated heterocycles. The highest BCUT2D eigenvalue weighted by atomic mass is 32.1. The Morgan fingerprint density at radius 2 is 1.63 bits per heavy atom. The molecule has 0 bridgehead atoms. The third-order valence-electron chi connectivity index (χ3n) is 3.34. The summed E-state index contributed by atoms with van der Waals surface area (Å²) in [5, 5.41) is 0. The molecule has 2 nitrogen and oxygen atoms in total. The summed E-state index contributed by atoms with van der Waals surface area (Å²) in [6.07, 6.45) is 0. The lowest BCUT2D eigenvalue weighted by atomic mass is 10.1. The molecular formula is C16H13NOS. The Morgan fingerprint density at radius 3 is 2.26 bits per heavy atom. The molecule has 0 unspecified atom stereocenters. The topological polar surface area (TPSA) is 20.3 Å². The van der Waals surface area contributed by atoms with E-state index in [0.29, 0.717) is 17.1 Å². The van der Waals surface area contributed by atoms with Crippen molar-refractivity contribution in [2.45, 2.75) is 13.5 Å². The van der Waals surface area contributed by atoms with Gasteiger partial charge in [-0.1, -0.05) is 60.2 Å². The van der Waals surface area contributed by atoms with Crippen LogP contribution < -0.4 is 0 Å². The second-order valence-electron chi connectivity index (χ2n) is 4.73. The van der Waals surface area contributed by atoms with Crippen molar-refractivity contribution < 1.29 is 4.79 Å². The highest BCUT2D eigenvalue weighted by molar-refractivity contribution is 7.80. The Bertz CT molecular complexity index is 626. The minimum atomic E-state index is 0.00109. The molecule has 1 amide bonds. The second kappa shape index (κ2) is 4.59. The van der Waals surface area contributed by atoms with Crippen LogP contribution in [0.4, 0.5) is 0 Å². The van der Waals surface area contributed by atoms with Gasteiger partial charge in [0.2, 0.25) is 0 Å². The Kier molecular flexibility index (Phi) is 2.91. The lowest BCUT2D eigenvalue weighted by Gasteiger charge is -2.16. The number of hydrogen-bond donors (Lipinski definition) is 0. The first-order chi connectivity index (χ1) is 9.16. The van der Waals surface area contributed by atoms with Gasteiger partial charge in [-0.2, -0.15) is 0 Å². The number of carbonyl (C=O) groups excluding carboxylic acids is 1. The number of carbonyl (C=O) groups is 1. The number of aryl methyl sites for hydroxylation is 1. The molecule has 0 aliphatic carbocycles. The van der Waals surface area contributed by atoms with Crippen LogP contribution in [-0.4, -0.2) is 15.8 Å². The van der Waals surface area contributed by atoms with Crippen LogP contribution in [0, 0.1) is 6.92 Å². The number of hydrogen-bond acceptors (Lipinski definition) is 2. The number of benzene rings is 2. The van der Waals surface area contributed by atoms with E-state index in [2.05, 4.69) is 0 Å². The molecule has 2 aromatic carbocycles. The van der Waals surface area contributed by atoms with Crippen LogP contribution in [-0.2, 0) is 6.54 Å². The van der Waals surface area contributed by atoms with Crippen molar-refractivity contribution in [3.8, 4) is 0 Å². The van der Waals surface area contributed by atoms with Crippen LogP contribution in [0.1, 0.15) is 27.0 Å². The van der Waals surface area contributed by atoms with Gasteiger partial charge < -0.3 is 0 Å². The van der Waals surface area contributed by atoms with Gasteiger partial charge >= 0.3 is 0 Å². The summed E-state index contributed by atoms with van der Waals surface area (Å²) >= 11 is 5.40. The summed E-state index contributed by atoms with van der Waals surface area (Å²) in [6, 6.07) is 15.7. The first kappa shape index (κ1) is 12.1. The molecule has 2 aromatic rings. The SMILES string of the molecule is Cc1ccc(CN2C(=O)c3ccccc3C2=S)cc1. The van der Waals surface area contributed by atoms with Crippen LogP contribution in [0.5, 0.6) is 0 Å². The van der Waals surface area contributed by atoms with Crippen molar-refractivity contribution in [2.75, 3.05) is 0 Å². The first-order valence-corrected chi connectivity index (χ1v) is 6.58. The standard InChI is InChI=1S/C16H13NOS/c1-11-6-8-12(9-7-11)10-17-15(18)13-4-2-3-5-14(13)16(17)19/h2-9H,10H2,1H3. The van der Waals surface area contributed by atoms with Crippen LogP contribution in [0.3, 0.4) is 0 Å². The van der Waals surface area contributed by atoms with E-state index < -0.39 is 0 Å². The van der Waals surface area contributed by atoms with Gasteiger partial charge in [-0.05, 0) is 18.6 Å². The molecule has 19 heavy (non-hydrogen) atoms. The zero-order valence-corrected chi connectivity index (χ0v) is 11.4. The normalized spacial score (nSPS) is 13.8. The van der Waals surface area contributed by atoms with E-state index in [1.807, 2.05) is 55.5 Å². The van der Waals surface area contributed by atoms with Crippen LogP contribution in [0.2, 0.25) is 0 Å². The summed E-state index contributed by atoms with van der Waals surface area (Å²) in [5.41, 5.74) is 3.88. The number of thiocarbonyl (C=S) groups is 1. The van der Waals surface area contributed by atoms with Crippen molar-refractivity contribution in [3.05, 3.63) is 70.8 Å². The molecule has 3 heteroatoms. The van der Waals surface area contributed by atoms with Crippen molar-refractivity contribution in [3.63, 3.8) is 0 Å². The molecule has 1 aliphatic rings. The molecule has 0 fully saturated rings. The number of fused-ring (bicyclic) bond motifs is 1. The molecule has 0 saturated carbocycles. The van der Waals surface area contributed by atoms with Crippen molar-refractivity contribution in [2.24, 2.45) is 0 Å². The van der Waals surface area contributed by atoms with E-state index in [0.717, 1.165) is 11.1 Å². The molecule has 94 valence electrons. The molecule has 1 heterocycles. The minimum absolute atomic E-state index is 0.00109. The Labute approximate surface area is 117 Å². The minimum Gasteiger partial charge on any atom is -0.294 e. The molecule has 0 atom stereocenters. The van der Waals surface area contributed by atoms with Gasteiger partial charge in [0.15, 0.2) is 0 Å². The Hall–Kier alpha value is -2.00. The first-order valence-electron chi connectivity index (χ1n) is 6.17. The fourth-order valence-electron chi connectivity index (χ4n) is 2.26. The average Bonchev–Trinajstić information content (AvgIpc) is 2.67. The average molecular weight is 267 g/mol. The predicted octanol–water partition coefficient (Wildman–Crippen LogP) is 3.33. The Balaban J connectivity index is 1.90. The lowest BCUT2D eigenvalue weighted by molar-refractivity contribution is 0.0855. The van der Waals surface area contributed by atoms with Gasteiger partial charge in [-0.15, -0.1) is 0 Å². The predicted molar refractivity (Wildman–Crippen MR) is 79.2 cm³/mol. The van der Waals surface area contributed by atoms with Gasteiger partial charge in [-0.3, -0.25) is 9.69 Å². The van der Waals surface area contributed by atoms with E-state index in [-0.39, 0.29) is 5.91 Å². The molecule has 0 radical (unpaired) electrons. The van der Waals surface area contributed by atoms with Crippen molar-refractivity contribution >= 4 is 23.1 Å². The summed E-state index contributed by atoms with van der Waals surface area (Å²) < 4.78 is 0. The summed E-state index contributed by atoms with van der Waals surface area (Å²) in [5.74, 6) is 0.00109. The second-order valence-corrected chi connectivity index (χ2v) is 5.11. The molecular weight excluding hydrogens is 254 g/mol. The molecule has 1 aliphatic heterocycles. The highest BCUT2D eigenvalue weighted by Gasteiger charge is 2.31. The van der Waals surface area contributed by atoms with Gasteiger partial charge in [0.05, 0.1) is 12.1 Å². The van der Waals surface area contributed by atoms with Gasteiger partial charge in [-0.25, -0.2) is 0 Å². The van der Waals surface area contributed by atoms with E-state index >= 15 is 0 Å². The highest BCUT2D eigenvalue weighted by Crippen LogP contribution is 2.25. The number of amides is 1. The smallest absolute Gasteiger partial charge is 0.259 e. The van der Waals surface area contributed by atoms with E-state index in [1.54, 1.807) is 4.90 Å². The summed E-state index contributed by atoms with van der Waals surface area (Å²) in [7, 11) is 0. The van der Waals surface area contributed by atoms with Crippen LogP contribution >= 0.6 is 12.2 Å². The molecule has 3 rings (SSSR count). The van der Waals surface area contributed by atoms with E-state index in [4.69, 9.17) is 12.2 Å². The zero-order valence-electron chi connectivity index (χ0n) is 10.6. The van der Waals surface area contributed by atoms with Gasteiger partial charge in [0.1, 0.15) is 4.99 Å². The third kappa shape index (κ3) is 2.06. The zero-order chi connectivity index (χ0) is 13.4. The largest absolute Gasteiger partial charge is 0.294 e. The maximum absolute atomic E-state index is 12.3. The number of rotatable bonds is 2. The maximum Gasteiger partial charge on any atom is 0.259 e. The fraction of sp³-hybridized carbons (Fsp3) is 0.125. The summed E-state index contributed by atoms with van der Waals surface area (Å²) in [4.78, 5) is 14.6. The molecule has 0 N–H and O–H groups in total. The maximum atomic E-state index is 12.3. The van der Waals surface area contributed by atoms with Gasteiger partial charge in [0.25, 0.3) is 5.91 Å². The monoisotopic (exact) mass is 267 g/mol. The third-order valence-corrected chi connectivity index (χ3v) is 3.78. The summed E-state index contributed by atoms with van der Waals surface area (Å²) in [6.45, 7) is 2.58. The van der Waals surface area contributed by atoms with E-state index in [1.165, 1.54) is 5.56 Å². The Morgan fingerprint density at radius 1 is 1.00 bits per heavy atom.